The maximum absolute atomic E-state index is 13.3. The van der Waals surface area contributed by atoms with E-state index < -0.39 is 0 Å². The zero-order chi connectivity index (χ0) is 24.7. The van der Waals surface area contributed by atoms with E-state index in [1.807, 2.05) is 30.3 Å². The Labute approximate surface area is 204 Å². The van der Waals surface area contributed by atoms with Crippen molar-refractivity contribution in [3.63, 3.8) is 0 Å². The first-order valence-corrected chi connectivity index (χ1v) is 12.4. The Morgan fingerprint density at radius 2 is 1.79 bits per heavy atom. The molecule has 3 rings (SSSR count). The number of hydrogen-bond donors (Lipinski definition) is 1. The average molecular weight is 478 g/mol. The molecule has 8 heteroatoms. The summed E-state index contributed by atoms with van der Waals surface area (Å²) < 4.78 is 1.69. The van der Waals surface area contributed by atoms with Crippen molar-refractivity contribution >= 4 is 34.3 Å². The maximum atomic E-state index is 13.3. The van der Waals surface area contributed by atoms with Crippen molar-refractivity contribution in [2.75, 3.05) is 17.6 Å². The largest absolute Gasteiger partial charge is 0.325 e. The second-order valence-corrected chi connectivity index (χ2v) is 9.60. The molecule has 0 bridgehead atoms. The van der Waals surface area contributed by atoms with Crippen LogP contribution in [0.25, 0.3) is 10.9 Å². The monoisotopic (exact) mass is 477 g/mol. The fourth-order valence-electron chi connectivity index (χ4n) is 3.91. The van der Waals surface area contributed by atoms with Gasteiger partial charge in [-0.15, -0.1) is 0 Å². The van der Waals surface area contributed by atoms with E-state index in [0.29, 0.717) is 53.3 Å². The van der Waals surface area contributed by atoms with Crippen molar-refractivity contribution in [3.8, 4) is 6.07 Å². The molecule has 0 aliphatic carbocycles. The molecule has 3 aromatic rings. The highest BCUT2D eigenvalue weighted by atomic mass is 32.2. The van der Waals surface area contributed by atoms with Gasteiger partial charge in [0.1, 0.15) is 0 Å². The Morgan fingerprint density at radius 1 is 1.12 bits per heavy atom. The molecule has 1 amide bonds. The van der Waals surface area contributed by atoms with Crippen molar-refractivity contribution in [2.24, 2.45) is 0 Å². The van der Waals surface area contributed by atoms with Crippen LogP contribution in [0.4, 0.5) is 5.69 Å². The zero-order valence-corrected chi connectivity index (χ0v) is 20.9. The fourth-order valence-corrected chi connectivity index (χ4v) is 4.73. The van der Waals surface area contributed by atoms with Crippen LogP contribution in [-0.2, 0) is 17.8 Å². The average Bonchev–Trinajstić information content (AvgIpc) is 2.80. The Morgan fingerprint density at radius 3 is 2.44 bits per heavy atom. The van der Waals surface area contributed by atoms with Gasteiger partial charge in [-0.05, 0) is 57.5 Å². The number of amides is 1. The number of hydrogen-bond acceptors (Lipinski definition) is 6. The first kappa shape index (κ1) is 25.5. The SMILES string of the molecule is CC(C)N(CCn1c(SCC(=O)Nc2ccc(CC#N)cc2)nc2ccccc2c1=O)C(C)C. The lowest BCUT2D eigenvalue weighted by atomic mass is 10.1. The van der Waals surface area contributed by atoms with E-state index in [1.54, 1.807) is 22.8 Å². The van der Waals surface area contributed by atoms with Gasteiger partial charge in [-0.1, -0.05) is 36.0 Å². The number of anilines is 1. The van der Waals surface area contributed by atoms with Gasteiger partial charge in [-0.25, -0.2) is 4.98 Å². The number of thioether (sulfide) groups is 1. The summed E-state index contributed by atoms with van der Waals surface area (Å²) in [6, 6.07) is 17.3. The van der Waals surface area contributed by atoms with Crippen molar-refractivity contribution in [2.45, 2.75) is 57.9 Å². The topological polar surface area (TPSA) is 91.0 Å². The number of aromatic nitrogens is 2. The van der Waals surface area contributed by atoms with Crippen molar-refractivity contribution in [1.29, 1.82) is 5.26 Å². The number of carbonyl (C=O) groups is 1. The molecule has 0 aliphatic heterocycles. The molecule has 1 heterocycles. The third-order valence-corrected chi connectivity index (χ3v) is 6.56. The van der Waals surface area contributed by atoms with Gasteiger partial charge in [-0.3, -0.25) is 19.1 Å². The molecule has 178 valence electrons. The second kappa shape index (κ2) is 11.8. The zero-order valence-electron chi connectivity index (χ0n) is 20.1. The first-order valence-electron chi connectivity index (χ1n) is 11.4. The van der Waals surface area contributed by atoms with E-state index in [1.165, 1.54) is 11.8 Å². The van der Waals surface area contributed by atoms with Crippen LogP contribution >= 0.6 is 11.8 Å². The molecule has 7 nitrogen and oxygen atoms in total. The third kappa shape index (κ3) is 6.46. The number of nitriles is 1. The third-order valence-electron chi connectivity index (χ3n) is 5.59. The molecular formula is C26H31N5O2S. The van der Waals surface area contributed by atoms with E-state index in [4.69, 9.17) is 10.2 Å². The highest BCUT2D eigenvalue weighted by molar-refractivity contribution is 7.99. The number of para-hydroxylation sites is 1. The summed E-state index contributed by atoms with van der Waals surface area (Å²) >= 11 is 1.26. The summed E-state index contributed by atoms with van der Waals surface area (Å²) in [5, 5.41) is 12.8. The lowest BCUT2D eigenvalue weighted by molar-refractivity contribution is -0.113. The highest BCUT2D eigenvalue weighted by Gasteiger charge is 2.17. The number of nitrogens with one attached hydrogen (secondary N) is 1. The summed E-state index contributed by atoms with van der Waals surface area (Å²) in [6.45, 7) is 9.80. The van der Waals surface area contributed by atoms with E-state index in [9.17, 15) is 9.59 Å². The standard InChI is InChI=1S/C26H31N5O2S/c1-18(2)30(19(3)4)15-16-31-25(33)22-7-5-6-8-23(22)29-26(31)34-17-24(32)28-21-11-9-20(10-12-21)13-14-27/h5-12,18-19H,13,15-17H2,1-4H3,(H,28,32). The quantitative estimate of drug-likeness (QED) is 0.346. The molecule has 34 heavy (non-hydrogen) atoms. The van der Waals surface area contributed by atoms with Crippen LogP contribution < -0.4 is 10.9 Å². The van der Waals surface area contributed by atoms with Crippen LogP contribution in [0.2, 0.25) is 0 Å². The minimum atomic E-state index is -0.182. The van der Waals surface area contributed by atoms with Gasteiger partial charge in [0.2, 0.25) is 5.91 Å². The number of nitrogens with zero attached hydrogens (tertiary/aromatic N) is 4. The highest BCUT2D eigenvalue weighted by Crippen LogP contribution is 2.19. The normalized spacial score (nSPS) is 11.4. The van der Waals surface area contributed by atoms with Gasteiger partial charge in [0.25, 0.3) is 5.56 Å². The summed E-state index contributed by atoms with van der Waals surface area (Å²) in [5.41, 5.74) is 2.11. The Kier molecular flexibility index (Phi) is 8.85. The van der Waals surface area contributed by atoms with Gasteiger partial charge in [0.15, 0.2) is 5.16 Å². The van der Waals surface area contributed by atoms with Crippen molar-refractivity contribution < 1.29 is 4.79 Å². The molecule has 2 aromatic carbocycles. The van der Waals surface area contributed by atoms with Gasteiger partial charge in [-0.2, -0.15) is 5.26 Å². The van der Waals surface area contributed by atoms with E-state index >= 15 is 0 Å². The van der Waals surface area contributed by atoms with Crippen LogP contribution in [0.1, 0.15) is 33.3 Å². The Balaban J connectivity index is 1.78. The van der Waals surface area contributed by atoms with Crippen LogP contribution in [0.3, 0.4) is 0 Å². The summed E-state index contributed by atoms with van der Waals surface area (Å²) in [4.78, 5) is 32.9. The van der Waals surface area contributed by atoms with Gasteiger partial charge < -0.3 is 5.32 Å². The van der Waals surface area contributed by atoms with Crippen LogP contribution in [0.15, 0.2) is 58.5 Å². The van der Waals surface area contributed by atoms with Gasteiger partial charge >= 0.3 is 0 Å². The van der Waals surface area contributed by atoms with Gasteiger partial charge in [0, 0.05) is 30.9 Å². The molecule has 0 unspecified atom stereocenters. The molecule has 1 aromatic heterocycles. The smallest absolute Gasteiger partial charge is 0.262 e. The lowest BCUT2D eigenvalue weighted by Crippen LogP contribution is -2.40. The molecular weight excluding hydrogens is 446 g/mol. The van der Waals surface area contributed by atoms with E-state index in [2.05, 4.69) is 44.0 Å². The Hall–Kier alpha value is -3.15. The summed E-state index contributed by atoms with van der Waals surface area (Å²) in [5.74, 6) is -0.0546. The van der Waals surface area contributed by atoms with Crippen molar-refractivity contribution in [1.82, 2.24) is 14.5 Å². The fraction of sp³-hybridized carbons (Fsp3) is 0.385. The Bertz CT molecular complexity index is 1220. The second-order valence-electron chi connectivity index (χ2n) is 8.66. The first-order chi connectivity index (χ1) is 16.3. The van der Waals surface area contributed by atoms with Crippen LogP contribution in [0.5, 0.6) is 0 Å². The van der Waals surface area contributed by atoms with Crippen molar-refractivity contribution in [3.05, 3.63) is 64.4 Å². The van der Waals surface area contributed by atoms with Gasteiger partial charge in [0.05, 0.1) is 29.1 Å². The molecule has 0 radical (unpaired) electrons. The molecule has 0 aliphatic rings. The summed E-state index contributed by atoms with van der Waals surface area (Å²) in [7, 11) is 0. The molecule has 0 fully saturated rings. The number of rotatable bonds is 10. The van der Waals surface area contributed by atoms with Crippen LogP contribution in [0, 0.1) is 11.3 Å². The van der Waals surface area contributed by atoms with Crippen LogP contribution in [-0.4, -0.2) is 44.7 Å². The minimum absolute atomic E-state index is 0.0888. The lowest BCUT2D eigenvalue weighted by Gasteiger charge is -2.30. The molecule has 0 saturated carbocycles. The number of benzene rings is 2. The summed E-state index contributed by atoms with van der Waals surface area (Å²) in [6.07, 6.45) is 0.334. The maximum Gasteiger partial charge on any atom is 0.262 e. The molecule has 1 N–H and O–H groups in total. The molecule has 0 atom stereocenters. The predicted molar refractivity (Wildman–Crippen MR) is 138 cm³/mol. The van der Waals surface area contributed by atoms with E-state index in [0.717, 1.165) is 5.56 Å². The number of fused-ring (bicyclic) bond motifs is 1. The predicted octanol–water partition coefficient (Wildman–Crippen LogP) is 4.31. The minimum Gasteiger partial charge on any atom is -0.325 e. The number of carbonyl (C=O) groups excluding carboxylic acids is 1. The van der Waals surface area contributed by atoms with E-state index in [-0.39, 0.29) is 17.2 Å². The molecule has 0 spiro atoms. The molecule has 0 saturated heterocycles.